The van der Waals surface area contributed by atoms with E-state index in [0.717, 1.165) is 5.69 Å². The van der Waals surface area contributed by atoms with Crippen molar-refractivity contribution in [1.82, 2.24) is 29.6 Å². The molecule has 11 nitrogen and oxygen atoms in total. The number of anilines is 2. The highest BCUT2D eigenvalue weighted by Gasteiger charge is 2.42. The van der Waals surface area contributed by atoms with Gasteiger partial charge in [-0.25, -0.2) is 18.9 Å². The molecule has 4 aromatic rings. The number of nitrogens with zero attached hydrogens (tertiary/aromatic N) is 5. The number of carbonyl (C=O) groups is 1. The van der Waals surface area contributed by atoms with Gasteiger partial charge in [-0.2, -0.15) is 10.1 Å². The standard InChI is InChI=1S/C29H35FN8O3/c1-28(2,3)22-13-23(38(36-22)18-9-7-8-17(30)11-18)34-27(41)33-21-12-19(21)20-10-16-14-32-26(31-6)35-24(16)37(25(20)40)29(4,5)15-39/h7-11,13-14,19,21,39H,12,15H2,1-6H3,(H,31,32,35)(H2,33,34,41). The largest absolute Gasteiger partial charge is 0.394 e. The highest BCUT2D eigenvalue weighted by molar-refractivity contribution is 5.89. The molecular formula is C29H35FN8O3. The number of nitrogens with one attached hydrogen (secondary N) is 3. The Labute approximate surface area is 236 Å². The third-order valence-electron chi connectivity index (χ3n) is 7.26. The maximum absolute atomic E-state index is 14.0. The van der Waals surface area contributed by atoms with E-state index in [9.17, 15) is 19.1 Å². The Kier molecular flexibility index (Phi) is 7.06. The van der Waals surface area contributed by atoms with Crippen LogP contribution in [0, 0.1) is 5.82 Å². The van der Waals surface area contributed by atoms with Gasteiger partial charge in [0, 0.05) is 47.6 Å². The number of aromatic nitrogens is 5. The first-order chi connectivity index (χ1) is 19.3. The minimum absolute atomic E-state index is 0.222. The maximum atomic E-state index is 14.0. The van der Waals surface area contributed by atoms with Crippen molar-refractivity contribution >= 4 is 28.8 Å². The van der Waals surface area contributed by atoms with Crippen LogP contribution in [0.15, 0.2) is 47.4 Å². The van der Waals surface area contributed by atoms with Gasteiger partial charge in [0.15, 0.2) is 0 Å². The molecule has 12 heteroatoms. The lowest BCUT2D eigenvalue weighted by molar-refractivity contribution is 0.164. The van der Waals surface area contributed by atoms with E-state index in [0.29, 0.717) is 40.5 Å². The van der Waals surface area contributed by atoms with Crippen LogP contribution in [0.1, 0.15) is 58.2 Å². The van der Waals surface area contributed by atoms with Crippen molar-refractivity contribution in [3.8, 4) is 5.69 Å². The van der Waals surface area contributed by atoms with E-state index >= 15 is 0 Å². The molecule has 1 saturated carbocycles. The average Bonchev–Trinajstić information content (AvgIpc) is 3.52. The fourth-order valence-electron chi connectivity index (χ4n) is 4.80. The van der Waals surface area contributed by atoms with Crippen LogP contribution in [0.5, 0.6) is 0 Å². The summed E-state index contributed by atoms with van der Waals surface area (Å²) < 4.78 is 17.0. The molecule has 216 valence electrons. The molecular weight excluding hydrogens is 527 g/mol. The average molecular weight is 563 g/mol. The lowest BCUT2D eigenvalue weighted by atomic mass is 9.92. The van der Waals surface area contributed by atoms with Gasteiger partial charge in [0.2, 0.25) is 5.95 Å². The minimum atomic E-state index is -0.917. The van der Waals surface area contributed by atoms with Gasteiger partial charge in [0.25, 0.3) is 5.56 Å². The van der Waals surface area contributed by atoms with Crippen LogP contribution >= 0.6 is 0 Å². The number of fused-ring (bicyclic) bond motifs is 1. The van der Waals surface area contributed by atoms with Crippen molar-refractivity contribution in [3.05, 3.63) is 70.0 Å². The fraction of sp³-hybridized carbons (Fsp3) is 0.414. The highest BCUT2D eigenvalue weighted by Crippen LogP contribution is 2.40. The van der Waals surface area contributed by atoms with Crippen LogP contribution in [0.3, 0.4) is 0 Å². The predicted octanol–water partition coefficient (Wildman–Crippen LogP) is 3.86. The van der Waals surface area contributed by atoms with Crippen LogP contribution in [-0.4, -0.2) is 55.1 Å². The number of halogens is 1. The van der Waals surface area contributed by atoms with Gasteiger partial charge >= 0.3 is 6.03 Å². The third-order valence-corrected chi connectivity index (χ3v) is 7.26. The van der Waals surface area contributed by atoms with Crippen LogP contribution in [0.4, 0.5) is 21.0 Å². The van der Waals surface area contributed by atoms with Gasteiger partial charge in [-0.3, -0.25) is 14.7 Å². The van der Waals surface area contributed by atoms with Crippen molar-refractivity contribution in [2.75, 3.05) is 24.3 Å². The summed E-state index contributed by atoms with van der Waals surface area (Å²) in [6, 6.07) is 8.78. The zero-order chi connectivity index (χ0) is 29.7. The van der Waals surface area contributed by atoms with Crippen LogP contribution < -0.4 is 21.5 Å². The van der Waals surface area contributed by atoms with E-state index in [-0.39, 0.29) is 29.5 Å². The lowest BCUT2D eigenvalue weighted by Crippen LogP contribution is -2.41. The highest BCUT2D eigenvalue weighted by atomic mass is 19.1. The molecule has 2 atom stereocenters. The molecule has 0 bridgehead atoms. The van der Waals surface area contributed by atoms with Gasteiger partial charge in [0.1, 0.15) is 17.3 Å². The van der Waals surface area contributed by atoms with Gasteiger partial charge in [0.05, 0.1) is 23.5 Å². The number of hydrogen-bond acceptors (Lipinski definition) is 7. The zero-order valence-electron chi connectivity index (χ0n) is 24.0. The summed E-state index contributed by atoms with van der Waals surface area (Å²) in [5.74, 6) is 0.123. The van der Waals surface area contributed by atoms with E-state index < -0.39 is 17.4 Å². The molecule has 5 rings (SSSR count). The third kappa shape index (κ3) is 5.51. The summed E-state index contributed by atoms with van der Waals surface area (Å²) in [6.45, 7) is 9.27. The quantitative estimate of drug-likeness (QED) is 0.268. The topological polar surface area (TPSA) is 139 Å². The Morgan fingerprint density at radius 2 is 1.93 bits per heavy atom. The van der Waals surface area contributed by atoms with Crippen LogP contribution in [-0.2, 0) is 11.0 Å². The van der Waals surface area contributed by atoms with Gasteiger partial charge in [-0.05, 0) is 44.5 Å². The number of amides is 2. The molecule has 2 unspecified atom stereocenters. The zero-order valence-corrected chi connectivity index (χ0v) is 24.0. The molecule has 1 aliphatic carbocycles. The Hall–Kier alpha value is -4.32. The number of aliphatic hydroxyl groups excluding tert-OH is 1. The van der Waals surface area contributed by atoms with Crippen molar-refractivity contribution < 1.29 is 14.3 Å². The number of carbonyl (C=O) groups excluding carboxylic acids is 1. The SMILES string of the molecule is CNc1ncc2cc(C3CC3NC(=O)Nc3cc(C(C)(C)C)nn3-c3cccc(F)c3)c(=O)n(C(C)(C)CO)c2n1. The summed E-state index contributed by atoms with van der Waals surface area (Å²) in [4.78, 5) is 35.6. The number of aliphatic hydroxyl groups is 1. The summed E-state index contributed by atoms with van der Waals surface area (Å²) in [5.41, 5.74) is 0.653. The van der Waals surface area contributed by atoms with E-state index in [2.05, 4.69) is 31.0 Å². The van der Waals surface area contributed by atoms with Crippen molar-refractivity contribution in [3.63, 3.8) is 0 Å². The predicted molar refractivity (Wildman–Crippen MR) is 155 cm³/mol. The summed E-state index contributed by atoms with van der Waals surface area (Å²) in [7, 11) is 1.69. The molecule has 1 aromatic carbocycles. The molecule has 1 fully saturated rings. The Balaban J connectivity index is 1.41. The molecule has 0 spiro atoms. The minimum Gasteiger partial charge on any atom is -0.394 e. The van der Waals surface area contributed by atoms with Crippen molar-refractivity contribution in [2.24, 2.45) is 0 Å². The molecule has 4 N–H and O–H groups in total. The number of urea groups is 1. The number of rotatable bonds is 7. The van der Waals surface area contributed by atoms with E-state index in [1.165, 1.54) is 21.4 Å². The van der Waals surface area contributed by atoms with Crippen LogP contribution in [0.25, 0.3) is 16.7 Å². The molecule has 0 radical (unpaired) electrons. The number of benzene rings is 1. The Morgan fingerprint density at radius 3 is 2.59 bits per heavy atom. The number of pyridine rings is 1. The van der Waals surface area contributed by atoms with Crippen LogP contribution in [0.2, 0.25) is 0 Å². The second-order valence-electron chi connectivity index (χ2n) is 12.0. The van der Waals surface area contributed by atoms with E-state index in [4.69, 9.17) is 0 Å². The first-order valence-electron chi connectivity index (χ1n) is 13.5. The van der Waals surface area contributed by atoms with E-state index in [1.54, 1.807) is 51.4 Å². The Bertz CT molecular complexity index is 1690. The van der Waals surface area contributed by atoms with Crippen molar-refractivity contribution in [1.29, 1.82) is 0 Å². The molecule has 0 saturated heterocycles. The van der Waals surface area contributed by atoms with Gasteiger partial charge in [-0.1, -0.05) is 26.8 Å². The summed E-state index contributed by atoms with van der Waals surface area (Å²) in [6.07, 6.45) is 2.21. The van der Waals surface area contributed by atoms with Gasteiger partial charge < -0.3 is 15.7 Å². The summed E-state index contributed by atoms with van der Waals surface area (Å²) in [5, 5.41) is 24.0. The molecule has 2 amide bonds. The smallest absolute Gasteiger partial charge is 0.320 e. The summed E-state index contributed by atoms with van der Waals surface area (Å²) >= 11 is 0. The molecule has 1 aliphatic rings. The monoisotopic (exact) mass is 562 g/mol. The van der Waals surface area contributed by atoms with E-state index in [1.807, 2.05) is 20.8 Å². The molecule has 0 aliphatic heterocycles. The second kappa shape index (κ2) is 10.3. The number of hydrogen-bond donors (Lipinski definition) is 4. The maximum Gasteiger partial charge on any atom is 0.320 e. The molecule has 3 heterocycles. The van der Waals surface area contributed by atoms with Crippen molar-refractivity contribution in [2.45, 2.75) is 64.0 Å². The Morgan fingerprint density at radius 1 is 1.17 bits per heavy atom. The second-order valence-corrected chi connectivity index (χ2v) is 12.0. The fourth-order valence-corrected chi connectivity index (χ4v) is 4.80. The normalized spacial score (nSPS) is 17.0. The molecule has 41 heavy (non-hydrogen) atoms. The molecule has 3 aromatic heterocycles. The first kappa shape index (κ1) is 28.2. The first-order valence-corrected chi connectivity index (χ1v) is 13.5. The lowest BCUT2D eigenvalue weighted by Gasteiger charge is -2.27. The van der Waals surface area contributed by atoms with Gasteiger partial charge in [-0.15, -0.1) is 0 Å².